The Bertz CT molecular complexity index is 1080. The van der Waals surface area contributed by atoms with Gasteiger partial charge in [-0.2, -0.15) is 0 Å². The Labute approximate surface area is 195 Å². The lowest BCUT2D eigenvalue weighted by atomic mass is 9.84. The van der Waals surface area contributed by atoms with E-state index in [0.717, 1.165) is 0 Å². The minimum Gasteiger partial charge on any atom is -0.294 e. The summed E-state index contributed by atoms with van der Waals surface area (Å²) in [4.78, 5) is 56.3. The van der Waals surface area contributed by atoms with Gasteiger partial charge in [0.25, 0.3) is 5.91 Å². The second-order valence-corrected chi connectivity index (χ2v) is 9.86. The van der Waals surface area contributed by atoms with Crippen LogP contribution in [0.15, 0.2) is 55.1 Å². The molecule has 0 saturated heterocycles. The maximum atomic E-state index is 13.4. The van der Waals surface area contributed by atoms with Crippen LogP contribution in [0.5, 0.6) is 0 Å². The molecule has 0 aliphatic carbocycles. The van der Waals surface area contributed by atoms with Gasteiger partial charge in [0.05, 0.1) is 12.2 Å². The Hall–Kier alpha value is -3.38. The lowest BCUT2D eigenvalue weighted by Gasteiger charge is -2.18. The summed E-state index contributed by atoms with van der Waals surface area (Å²) in [6, 6.07) is 10.7. The maximum absolute atomic E-state index is 13.4. The molecule has 2 aromatic carbocycles. The van der Waals surface area contributed by atoms with Crippen molar-refractivity contribution in [1.29, 1.82) is 0 Å². The van der Waals surface area contributed by atoms with Crippen LogP contribution in [-0.4, -0.2) is 29.9 Å². The third kappa shape index (κ3) is 6.33. The van der Waals surface area contributed by atoms with E-state index >= 15 is 0 Å². The van der Waals surface area contributed by atoms with Gasteiger partial charge in [-0.15, -0.1) is 6.58 Å². The normalized spacial score (nSPS) is 11.6. The smallest absolute Gasteiger partial charge is 0.275 e. The zero-order valence-electron chi connectivity index (χ0n) is 20.1. The van der Waals surface area contributed by atoms with Gasteiger partial charge in [0.1, 0.15) is 0 Å². The molecule has 2 aromatic rings. The van der Waals surface area contributed by atoms with Crippen molar-refractivity contribution >= 4 is 23.3 Å². The fourth-order valence-electron chi connectivity index (χ4n) is 3.09. The number of benzene rings is 2. The summed E-state index contributed by atoms with van der Waals surface area (Å²) >= 11 is 0. The van der Waals surface area contributed by atoms with Gasteiger partial charge in [0, 0.05) is 33.1 Å². The Morgan fingerprint density at radius 1 is 0.788 bits per heavy atom. The molecule has 1 amide bonds. The van der Waals surface area contributed by atoms with E-state index in [1.54, 1.807) is 45.0 Å². The topological polar surface area (TPSA) is 89.5 Å². The van der Waals surface area contributed by atoms with E-state index in [-0.39, 0.29) is 29.3 Å². The number of Topliss-reactive ketones (excluding diaryl/α,β-unsaturated/α-hetero) is 2. The molecule has 0 atom stereocenters. The van der Waals surface area contributed by atoms with Crippen LogP contribution in [0.4, 0.5) is 0 Å². The number of hydroxylamine groups is 1. The fraction of sp³-hybridized carbons (Fsp3) is 0.333. The SMILES string of the molecule is C=CCONC(=O)c1ccc(C(=O)C(C)(C)C)cc1C(=O)c1ccc(C(=O)C(C)(C)C)cc1. The second-order valence-electron chi connectivity index (χ2n) is 9.86. The molecule has 0 spiro atoms. The lowest BCUT2D eigenvalue weighted by Crippen LogP contribution is -2.27. The molecule has 0 saturated carbocycles. The van der Waals surface area contributed by atoms with Gasteiger partial charge in [-0.25, -0.2) is 5.48 Å². The Morgan fingerprint density at radius 2 is 1.27 bits per heavy atom. The molecular weight excluding hydrogens is 418 g/mol. The molecule has 0 heterocycles. The van der Waals surface area contributed by atoms with E-state index in [2.05, 4.69) is 12.1 Å². The third-order valence-corrected chi connectivity index (χ3v) is 4.91. The van der Waals surface area contributed by atoms with Crippen LogP contribution in [0.1, 0.15) is 88.5 Å². The van der Waals surface area contributed by atoms with Crippen LogP contribution in [-0.2, 0) is 4.84 Å². The Balaban J connectivity index is 2.50. The van der Waals surface area contributed by atoms with E-state index in [1.165, 1.54) is 24.3 Å². The van der Waals surface area contributed by atoms with E-state index in [0.29, 0.717) is 16.7 Å². The standard InChI is InChI=1S/C27H31NO5/c1-8-15-33-28-25(32)20-14-13-19(24(31)27(5,6)7)16-21(20)22(29)17-9-11-18(12-10-17)23(30)26(2,3)4/h8-14,16H,1,15H2,2-7H3,(H,28,32). The number of hydrogen-bond acceptors (Lipinski definition) is 5. The number of rotatable bonds is 8. The number of nitrogens with one attached hydrogen (secondary N) is 1. The quantitative estimate of drug-likeness (QED) is 0.258. The molecule has 0 unspecified atom stereocenters. The van der Waals surface area contributed by atoms with Crippen molar-refractivity contribution in [2.24, 2.45) is 10.8 Å². The van der Waals surface area contributed by atoms with E-state index in [4.69, 9.17) is 4.84 Å². The largest absolute Gasteiger partial charge is 0.294 e. The molecule has 6 nitrogen and oxygen atoms in total. The van der Waals surface area contributed by atoms with Crippen molar-refractivity contribution in [3.8, 4) is 0 Å². The maximum Gasteiger partial charge on any atom is 0.275 e. The highest BCUT2D eigenvalue weighted by Gasteiger charge is 2.27. The van der Waals surface area contributed by atoms with Crippen LogP contribution >= 0.6 is 0 Å². The molecule has 0 radical (unpaired) electrons. The molecule has 0 bridgehead atoms. The van der Waals surface area contributed by atoms with Gasteiger partial charge in [0.15, 0.2) is 17.3 Å². The zero-order chi connectivity index (χ0) is 25.0. The first-order valence-corrected chi connectivity index (χ1v) is 10.7. The number of carbonyl (C=O) groups is 4. The summed E-state index contributed by atoms with van der Waals surface area (Å²) in [5.74, 6) is -1.26. The summed E-state index contributed by atoms with van der Waals surface area (Å²) in [6.07, 6.45) is 1.47. The molecule has 0 aliphatic heterocycles. The fourth-order valence-corrected chi connectivity index (χ4v) is 3.09. The third-order valence-electron chi connectivity index (χ3n) is 4.91. The number of amides is 1. The summed E-state index contributed by atoms with van der Waals surface area (Å²) in [6.45, 7) is 14.4. The Kier molecular flexibility index (Phi) is 7.88. The predicted molar refractivity (Wildman–Crippen MR) is 128 cm³/mol. The van der Waals surface area contributed by atoms with Crippen molar-refractivity contribution in [2.45, 2.75) is 41.5 Å². The molecule has 0 fully saturated rings. The summed E-state index contributed by atoms with van der Waals surface area (Å²) in [5, 5.41) is 0. The molecule has 6 heteroatoms. The molecule has 0 aromatic heterocycles. The van der Waals surface area contributed by atoms with Gasteiger partial charge in [0.2, 0.25) is 0 Å². The number of carbonyl (C=O) groups excluding carboxylic acids is 4. The predicted octanol–water partition coefficient (Wildman–Crippen LogP) is 5.22. The van der Waals surface area contributed by atoms with Crippen LogP contribution in [0.25, 0.3) is 0 Å². The van der Waals surface area contributed by atoms with Gasteiger partial charge in [-0.1, -0.05) is 78.0 Å². The summed E-state index contributed by atoms with van der Waals surface area (Å²) in [7, 11) is 0. The zero-order valence-corrected chi connectivity index (χ0v) is 20.1. The van der Waals surface area contributed by atoms with Crippen LogP contribution < -0.4 is 5.48 Å². The van der Waals surface area contributed by atoms with Gasteiger partial charge in [-0.05, 0) is 12.1 Å². The van der Waals surface area contributed by atoms with E-state index < -0.39 is 22.5 Å². The monoisotopic (exact) mass is 449 g/mol. The molecule has 0 aliphatic rings. The highest BCUT2D eigenvalue weighted by molar-refractivity contribution is 6.16. The average molecular weight is 450 g/mol. The molecular formula is C27H31NO5. The highest BCUT2D eigenvalue weighted by Crippen LogP contribution is 2.25. The first-order chi connectivity index (χ1) is 15.3. The average Bonchev–Trinajstić information content (AvgIpc) is 2.76. The van der Waals surface area contributed by atoms with Gasteiger partial charge < -0.3 is 0 Å². The first-order valence-electron chi connectivity index (χ1n) is 10.7. The van der Waals surface area contributed by atoms with E-state index in [9.17, 15) is 19.2 Å². The van der Waals surface area contributed by atoms with Gasteiger partial charge in [-0.3, -0.25) is 24.0 Å². The molecule has 174 valence electrons. The van der Waals surface area contributed by atoms with Crippen LogP contribution in [0, 0.1) is 10.8 Å². The molecule has 33 heavy (non-hydrogen) atoms. The van der Waals surface area contributed by atoms with Crippen molar-refractivity contribution in [2.75, 3.05) is 6.61 Å². The van der Waals surface area contributed by atoms with Crippen LogP contribution in [0.2, 0.25) is 0 Å². The van der Waals surface area contributed by atoms with Crippen molar-refractivity contribution in [1.82, 2.24) is 5.48 Å². The van der Waals surface area contributed by atoms with Crippen molar-refractivity contribution in [3.63, 3.8) is 0 Å². The Morgan fingerprint density at radius 3 is 1.79 bits per heavy atom. The van der Waals surface area contributed by atoms with Gasteiger partial charge >= 0.3 is 0 Å². The number of ketones is 3. The second kappa shape index (κ2) is 10.0. The van der Waals surface area contributed by atoms with Crippen molar-refractivity contribution in [3.05, 3.63) is 82.9 Å². The molecule has 2 rings (SSSR count). The summed E-state index contributed by atoms with van der Waals surface area (Å²) < 4.78 is 0. The van der Waals surface area contributed by atoms with Crippen LogP contribution in [0.3, 0.4) is 0 Å². The van der Waals surface area contributed by atoms with Crippen molar-refractivity contribution < 1.29 is 24.0 Å². The summed E-state index contributed by atoms with van der Waals surface area (Å²) in [5.41, 5.74) is 2.32. The minimum absolute atomic E-state index is 0.0429. The van der Waals surface area contributed by atoms with E-state index in [1.807, 2.05) is 20.8 Å². The first kappa shape index (κ1) is 25.9. The number of hydrogen-bond donors (Lipinski definition) is 1. The lowest BCUT2D eigenvalue weighted by molar-refractivity contribution is 0.0420. The molecule has 1 N–H and O–H groups in total. The minimum atomic E-state index is -0.661. The highest BCUT2D eigenvalue weighted by atomic mass is 16.6.